The molecule has 4 nitrogen and oxygen atoms in total. The van der Waals surface area contributed by atoms with Gasteiger partial charge in [-0.05, 0) is 19.3 Å². The van der Waals surface area contributed by atoms with Crippen molar-refractivity contribution in [3.05, 3.63) is 11.7 Å². The molecule has 4 heteroatoms. The van der Waals surface area contributed by atoms with Crippen LogP contribution in [0.1, 0.15) is 76.4 Å². The smallest absolute Gasteiger partial charge is 0.229 e. The molecule has 0 spiro atoms. The Bertz CT molecular complexity index is 353. The van der Waals surface area contributed by atoms with Crippen molar-refractivity contribution in [1.82, 2.24) is 10.1 Å². The first kappa shape index (κ1) is 12.6. The van der Waals surface area contributed by atoms with Crippen LogP contribution in [0.25, 0.3) is 0 Å². The average Bonchev–Trinajstić information content (AvgIpc) is 2.73. The predicted molar refractivity (Wildman–Crippen MR) is 66.6 cm³/mol. The molecule has 0 bridgehead atoms. The van der Waals surface area contributed by atoms with Gasteiger partial charge in [-0.1, -0.05) is 44.7 Å². The van der Waals surface area contributed by atoms with Crippen LogP contribution >= 0.6 is 0 Å². The first-order valence-electron chi connectivity index (χ1n) is 6.78. The van der Waals surface area contributed by atoms with Gasteiger partial charge in [0.15, 0.2) is 5.82 Å². The monoisotopic (exact) mass is 237 g/mol. The van der Waals surface area contributed by atoms with E-state index in [1.54, 1.807) is 0 Å². The Morgan fingerprint density at radius 3 is 2.53 bits per heavy atom. The summed E-state index contributed by atoms with van der Waals surface area (Å²) in [5.41, 5.74) is 6.09. The third-order valence-electron chi connectivity index (χ3n) is 3.92. The summed E-state index contributed by atoms with van der Waals surface area (Å²) in [6.07, 6.45) is 7.86. The van der Waals surface area contributed by atoms with E-state index in [-0.39, 0.29) is 5.54 Å². The molecule has 0 saturated heterocycles. The Morgan fingerprint density at radius 2 is 1.94 bits per heavy atom. The van der Waals surface area contributed by atoms with Crippen molar-refractivity contribution in [2.24, 2.45) is 5.73 Å². The molecule has 1 aromatic heterocycles. The quantitative estimate of drug-likeness (QED) is 0.820. The minimum absolute atomic E-state index is 0.325. The number of hydrogen-bond acceptors (Lipinski definition) is 4. The highest BCUT2D eigenvalue weighted by Crippen LogP contribution is 2.32. The van der Waals surface area contributed by atoms with Crippen molar-refractivity contribution >= 4 is 0 Å². The second-order valence-electron chi connectivity index (χ2n) is 5.34. The second-order valence-corrected chi connectivity index (χ2v) is 5.34. The van der Waals surface area contributed by atoms with Gasteiger partial charge in [0.2, 0.25) is 5.89 Å². The summed E-state index contributed by atoms with van der Waals surface area (Å²) in [5.74, 6) is 1.77. The Labute approximate surface area is 103 Å². The van der Waals surface area contributed by atoms with Gasteiger partial charge in [0.05, 0.1) is 5.54 Å². The molecule has 1 aliphatic carbocycles. The van der Waals surface area contributed by atoms with Crippen LogP contribution in [0.4, 0.5) is 0 Å². The minimum Gasteiger partial charge on any atom is -0.339 e. The first-order chi connectivity index (χ1) is 8.15. The summed E-state index contributed by atoms with van der Waals surface area (Å²) in [7, 11) is 0. The number of nitrogens with zero attached hydrogens (tertiary/aromatic N) is 2. The van der Waals surface area contributed by atoms with Crippen LogP contribution in [0.2, 0.25) is 0 Å². The van der Waals surface area contributed by atoms with Crippen LogP contribution < -0.4 is 5.73 Å². The maximum atomic E-state index is 6.45. The van der Waals surface area contributed by atoms with Crippen molar-refractivity contribution < 1.29 is 4.52 Å². The summed E-state index contributed by atoms with van der Waals surface area (Å²) >= 11 is 0. The summed E-state index contributed by atoms with van der Waals surface area (Å²) in [5, 5.41) is 4.11. The minimum atomic E-state index is -0.355. The lowest BCUT2D eigenvalue weighted by Gasteiger charge is -2.23. The van der Waals surface area contributed by atoms with Gasteiger partial charge >= 0.3 is 0 Å². The van der Waals surface area contributed by atoms with Gasteiger partial charge in [-0.3, -0.25) is 0 Å². The molecule has 1 fully saturated rings. The van der Waals surface area contributed by atoms with Gasteiger partial charge in [-0.2, -0.15) is 4.98 Å². The van der Waals surface area contributed by atoms with Crippen LogP contribution in [0, 0.1) is 0 Å². The molecular weight excluding hydrogens is 214 g/mol. The van der Waals surface area contributed by atoms with Crippen LogP contribution in [0.5, 0.6) is 0 Å². The van der Waals surface area contributed by atoms with E-state index in [2.05, 4.69) is 24.0 Å². The van der Waals surface area contributed by atoms with Crippen LogP contribution in [0.3, 0.4) is 0 Å². The average molecular weight is 237 g/mol. The lowest BCUT2D eigenvalue weighted by Crippen LogP contribution is -2.37. The van der Waals surface area contributed by atoms with Gasteiger partial charge in [0.1, 0.15) is 0 Å². The fourth-order valence-electron chi connectivity index (χ4n) is 2.40. The van der Waals surface area contributed by atoms with Crippen LogP contribution in [0.15, 0.2) is 4.52 Å². The maximum absolute atomic E-state index is 6.45. The van der Waals surface area contributed by atoms with Crippen LogP contribution in [-0.4, -0.2) is 10.1 Å². The Hall–Kier alpha value is -0.900. The Kier molecular flexibility index (Phi) is 3.82. The van der Waals surface area contributed by atoms with Crippen LogP contribution in [-0.2, 0) is 5.54 Å². The lowest BCUT2D eigenvalue weighted by molar-refractivity contribution is 0.318. The number of nitrogens with two attached hydrogens (primary N) is 1. The summed E-state index contributed by atoms with van der Waals surface area (Å²) < 4.78 is 5.34. The fourth-order valence-corrected chi connectivity index (χ4v) is 2.40. The van der Waals surface area contributed by atoms with E-state index in [4.69, 9.17) is 10.3 Å². The zero-order valence-corrected chi connectivity index (χ0v) is 10.9. The molecule has 0 amide bonds. The van der Waals surface area contributed by atoms with Gasteiger partial charge < -0.3 is 10.3 Å². The van der Waals surface area contributed by atoms with E-state index in [1.165, 1.54) is 25.7 Å². The zero-order valence-electron chi connectivity index (χ0n) is 10.9. The molecule has 1 aliphatic rings. The van der Waals surface area contributed by atoms with E-state index in [1.807, 2.05) is 0 Å². The molecule has 2 N–H and O–H groups in total. The molecule has 96 valence electrons. The van der Waals surface area contributed by atoms with E-state index < -0.39 is 0 Å². The lowest BCUT2D eigenvalue weighted by atomic mass is 9.91. The molecule has 1 heterocycles. The third-order valence-corrected chi connectivity index (χ3v) is 3.92. The van der Waals surface area contributed by atoms with Crippen molar-refractivity contribution in [2.75, 3.05) is 0 Å². The van der Waals surface area contributed by atoms with E-state index in [0.29, 0.717) is 5.92 Å². The standard InChI is InChI=1S/C13H23N3O/c1-3-10(2)11-15-12(16-17-11)13(14)8-6-4-5-7-9-13/h10H,3-9,14H2,1-2H3. The van der Waals surface area contributed by atoms with Crippen molar-refractivity contribution in [3.8, 4) is 0 Å². The summed E-state index contributed by atoms with van der Waals surface area (Å²) in [6.45, 7) is 4.23. The summed E-state index contributed by atoms with van der Waals surface area (Å²) in [4.78, 5) is 4.52. The number of hydrogen-bond donors (Lipinski definition) is 1. The molecule has 0 aromatic carbocycles. The molecule has 0 aliphatic heterocycles. The fraction of sp³-hybridized carbons (Fsp3) is 0.846. The third kappa shape index (κ3) is 2.68. The van der Waals surface area contributed by atoms with E-state index >= 15 is 0 Å². The first-order valence-corrected chi connectivity index (χ1v) is 6.78. The highest BCUT2D eigenvalue weighted by molar-refractivity contribution is 5.06. The molecule has 0 radical (unpaired) electrons. The van der Waals surface area contributed by atoms with Gasteiger partial charge in [-0.15, -0.1) is 0 Å². The largest absolute Gasteiger partial charge is 0.339 e. The van der Waals surface area contributed by atoms with E-state index in [0.717, 1.165) is 31.0 Å². The molecule has 1 unspecified atom stereocenters. The SMILES string of the molecule is CCC(C)c1nc(C2(N)CCCCCC2)no1. The molecule has 1 saturated carbocycles. The maximum Gasteiger partial charge on any atom is 0.229 e. The normalized spacial score (nSPS) is 22.1. The second kappa shape index (κ2) is 5.17. The van der Waals surface area contributed by atoms with Gasteiger partial charge in [-0.25, -0.2) is 0 Å². The van der Waals surface area contributed by atoms with Crippen molar-refractivity contribution in [2.45, 2.75) is 70.3 Å². The molecule has 2 rings (SSSR count). The molecule has 1 atom stereocenters. The highest BCUT2D eigenvalue weighted by atomic mass is 16.5. The molecular formula is C13H23N3O. The number of aromatic nitrogens is 2. The number of rotatable bonds is 3. The summed E-state index contributed by atoms with van der Waals surface area (Å²) in [6, 6.07) is 0. The van der Waals surface area contributed by atoms with Crippen molar-refractivity contribution in [1.29, 1.82) is 0 Å². The van der Waals surface area contributed by atoms with Gasteiger partial charge in [0.25, 0.3) is 0 Å². The highest BCUT2D eigenvalue weighted by Gasteiger charge is 2.33. The van der Waals surface area contributed by atoms with Crippen molar-refractivity contribution in [3.63, 3.8) is 0 Å². The topological polar surface area (TPSA) is 64.9 Å². The molecule has 17 heavy (non-hydrogen) atoms. The zero-order chi connectivity index (χ0) is 12.3. The van der Waals surface area contributed by atoms with Gasteiger partial charge in [0, 0.05) is 5.92 Å². The molecule has 1 aromatic rings. The van der Waals surface area contributed by atoms with E-state index in [9.17, 15) is 0 Å². The Balaban J connectivity index is 2.17. The predicted octanol–water partition coefficient (Wildman–Crippen LogP) is 3.09. The Morgan fingerprint density at radius 1 is 1.29 bits per heavy atom.